The maximum atomic E-state index is 12.2. The van der Waals surface area contributed by atoms with E-state index in [9.17, 15) is 4.79 Å². The highest BCUT2D eigenvalue weighted by molar-refractivity contribution is 9.10. The number of alkyl carbamates (subject to hydrolysis) is 1. The highest BCUT2D eigenvalue weighted by atomic mass is 79.9. The molecule has 158 valence electrons. The predicted octanol–water partition coefficient (Wildman–Crippen LogP) is 4.18. The minimum absolute atomic E-state index is 0.183. The number of carbonyl (C=O) groups excluding carboxylic acids is 1. The van der Waals surface area contributed by atoms with Crippen molar-refractivity contribution >= 4 is 35.2 Å². The van der Waals surface area contributed by atoms with Crippen LogP contribution in [0.2, 0.25) is 0 Å². The molecule has 9 heteroatoms. The fourth-order valence-electron chi connectivity index (χ4n) is 2.73. The third kappa shape index (κ3) is 5.68. The first-order chi connectivity index (χ1) is 14.2. The average Bonchev–Trinajstić information content (AvgIpc) is 2.93. The molecule has 0 bridgehead atoms. The lowest BCUT2D eigenvalue weighted by molar-refractivity contribution is 0.00578. The van der Waals surface area contributed by atoms with E-state index in [0.29, 0.717) is 15.8 Å². The molecular formula is C21H25BBrN3O4. The van der Waals surface area contributed by atoms with Gasteiger partial charge in [0.15, 0.2) is 0 Å². The van der Waals surface area contributed by atoms with Gasteiger partial charge in [-0.2, -0.15) is 0 Å². The molecule has 0 radical (unpaired) electrons. The van der Waals surface area contributed by atoms with Gasteiger partial charge in [-0.25, -0.2) is 9.78 Å². The number of ether oxygens (including phenoxy) is 1. The van der Waals surface area contributed by atoms with E-state index in [-0.39, 0.29) is 13.2 Å². The van der Waals surface area contributed by atoms with Crippen LogP contribution in [-0.2, 0) is 20.7 Å². The van der Waals surface area contributed by atoms with Crippen molar-refractivity contribution < 1.29 is 18.8 Å². The SMILES string of the molecule is CC1(C)OB(C(=Cc2cnc(Br)cn2)CNC(=O)OCc2ccccc2)OC1(C)C. The molecule has 1 aliphatic rings. The summed E-state index contributed by atoms with van der Waals surface area (Å²) in [6, 6.07) is 9.50. The van der Waals surface area contributed by atoms with Crippen LogP contribution in [0.4, 0.5) is 4.79 Å². The van der Waals surface area contributed by atoms with Gasteiger partial charge in [-0.05, 0) is 60.7 Å². The summed E-state index contributed by atoms with van der Waals surface area (Å²) in [5.74, 6) is 0. The molecule has 1 aliphatic heterocycles. The van der Waals surface area contributed by atoms with Crippen molar-refractivity contribution in [1.82, 2.24) is 15.3 Å². The van der Waals surface area contributed by atoms with Crippen molar-refractivity contribution in [3.05, 3.63) is 64.1 Å². The summed E-state index contributed by atoms with van der Waals surface area (Å²) in [4.78, 5) is 20.7. The van der Waals surface area contributed by atoms with E-state index in [4.69, 9.17) is 14.0 Å². The second-order valence-electron chi connectivity index (χ2n) is 7.99. The average molecular weight is 474 g/mol. The molecule has 1 saturated heterocycles. The van der Waals surface area contributed by atoms with Gasteiger partial charge in [-0.3, -0.25) is 4.98 Å². The number of rotatable bonds is 6. The highest BCUT2D eigenvalue weighted by Gasteiger charge is 2.52. The third-order valence-corrected chi connectivity index (χ3v) is 5.59. The number of hydrogen-bond acceptors (Lipinski definition) is 6. The van der Waals surface area contributed by atoms with Gasteiger partial charge < -0.3 is 19.4 Å². The van der Waals surface area contributed by atoms with Crippen molar-refractivity contribution in [1.29, 1.82) is 0 Å². The molecule has 1 fully saturated rings. The first-order valence-electron chi connectivity index (χ1n) is 9.64. The van der Waals surface area contributed by atoms with Gasteiger partial charge in [0.25, 0.3) is 0 Å². The Kier molecular flexibility index (Phi) is 6.95. The van der Waals surface area contributed by atoms with E-state index in [1.807, 2.05) is 58.0 Å². The molecule has 7 nitrogen and oxygen atoms in total. The Labute approximate surface area is 185 Å². The molecule has 2 heterocycles. The normalized spacial score (nSPS) is 17.6. The summed E-state index contributed by atoms with van der Waals surface area (Å²) >= 11 is 3.28. The molecule has 0 saturated carbocycles. The van der Waals surface area contributed by atoms with Crippen LogP contribution >= 0.6 is 15.9 Å². The summed E-state index contributed by atoms with van der Waals surface area (Å²) in [6.45, 7) is 8.29. The maximum Gasteiger partial charge on any atom is 0.492 e. The van der Waals surface area contributed by atoms with E-state index in [1.54, 1.807) is 18.5 Å². The van der Waals surface area contributed by atoms with E-state index < -0.39 is 24.4 Å². The van der Waals surface area contributed by atoms with E-state index in [2.05, 4.69) is 31.2 Å². The molecule has 1 amide bonds. The van der Waals surface area contributed by atoms with E-state index in [0.717, 1.165) is 5.56 Å². The van der Waals surface area contributed by atoms with Crippen molar-refractivity contribution in [2.45, 2.75) is 45.5 Å². The fourth-order valence-corrected chi connectivity index (χ4v) is 2.94. The number of aromatic nitrogens is 2. The first-order valence-corrected chi connectivity index (χ1v) is 10.4. The zero-order valence-electron chi connectivity index (χ0n) is 17.5. The Bertz CT molecular complexity index is 888. The smallest absolute Gasteiger partial charge is 0.445 e. The minimum Gasteiger partial charge on any atom is -0.445 e. The number of benzene rings is 1. The van der Waals surface area contributed by atoms with Crippen LogP contribution in [0.15, 0.2) is 52.8 Å². The predicted molar refractivity (Wildman–Crippen MR) is 118 cm³/mol. The molecular weight excluding hydrogens is 449 g/mol. The van der Waals surface area contributed by atoms with Crippen LogP contribution in [0.25, 0.3) is 6.08 Å². The second-order valence-corrected chi connectivity index (χ2v) is 8.80. The summed E-state index contributed by atoms with van der Waals surface area (Å²) in [7, 11) is -0.630. The third-order valence-electron chi connectivity index (χ3n) is 5.18. The Morgan fingerprint density at radius 1 is 1.13 bits per heavy atom. The van der Waals surface area contributed by atoms with Crippen molar-refractivity contribution in [2.75, 3.05) is 6.54 Å². The molecule has 0 atom stereocenters. The maximum absolute atomic E-state index is 12.2. The molecule has 1 aromatic carbocycles. The van der Waals surface area contributed by atoms with Gasteiger partial charge in [0.1, 0.15) is 11.2 Å². The van der Waals surface area contributed by atoms with Crippen LogP contribution in [0.3, 0.4) is 0 Å². The molecule has 2 aromatic rings. The van der Waals surface area contributed by atoms with Crippen LogP contribution in [0, 0.1) is 0 Å². The number of amides is 1. The second kappa shape index (κ2) is 9.28. The summed E-state index contributed by atoms with van der Waals surface area (Å²) in [5.41, 5.74) is 1.25. The number of halogens is 1. The summed E-state index contributed by atoms with van der Waals surface area (Å²) < 4.78 is 18.2. The lowest BCUT2D eigenvalue weighted by atomic mass is 9.77. The molecule has 0 spiro atoms. The Morgan fingerprint density at radius 2 is 1.80 bits per heavy atom. The minimum atomic E-state index is -0.630. The molecule has 30 heavy (non-hydrogen) atoms. The number of nitrogens with one attached hydrogen (secondary N) is 1. The summed E-state index contributed by atoms with van der Waals surface area (Å²) in [5, 5.41) is 2.77. The summed E-state index contributed by atoms with van der Waals surface area (Å²) in [6.07, 6.45) is 4.51. The van der Waals surface area contributed by atoms with Crippen molar-refractivity contribution in [3.8, 4) is 0 Å². The standard InChI is InChI=1S/C21H25BBrN3O4/c1-20(2)21(3,4)30-22(29-20)16(10-17-12-25-18(23)13-24-17)11-26-19(27)28-14-15-8-6-5-7-9-15/h5-10,12-13H,11,14H2,1-4H3,(H,26,27). The number of hydrogen-bond donors (Lipinski definition) is 1. The van der Waals surface area contributed by atoms with Crippen molar-refractivity contribution in [2.24, 2.45) is 0 Å². The van der Waals surface area contributed by atoms with Gasteiger partial charge in [-0.15, -0.1) is 0 Å². The molecule has 0 aliphatic carbocycles. The zero-order valence-corrected chi connectivity index (χ0v) is 19.1. The van der Waals surface area contributed by atoms with Crippen molar-refractivity contribution in [3.63, 3.8) is 0 Å². The van der Waals surface area contributed by atoms with Gasteiger partial charge >= 0.3 is 13.2 Å². The molecule has 0 unspecified atom stereocenters. The van der Waals surface area contributed by atoms with Crippen LogP contribution in [0.5, 0.6) is 0 Å². The lowest BCUT2D eigenvalue weighted by Gasteiger charge is -2.32. The Hall–Kier alpha value is -2.23. The monoisotopic (exact) mass is 473 g/mol. The molecule has 3 rings (SSSR count). The van der Waals surface area contributed by atoms with Crippen LogP contribution < -0.4 is 5.32 Å². The van der Waals surface area contributed by atoms with Crippen LogP contribution in [-0.4, -0.2) is 40.9 Å². The Morgan fingerprint density at radius 3 is 2.40 bits per heavy atom. The topological polar surface area (TPSA) is 82.6 Å². The van der Waals surface area contributed by atoms with Gasteiger partial charge in [0.05, 0.1) is 29.3 Å². The largest absolute Gasteiger partial charge is 0.492 e. The molecule has 1 aromatic heterocycles. The van der Waals surface area contributed by atoms with Gasteiger partial charge in [0, 0.05) is 6.54 Å². The van der Waals surface area contributed by atoms with Gasteiger partial charge in [0.2, 0.25) is 0 Å². The highest BCUT2D eigenvalue weighted by Crippen LogP contribution is 2.38. The van der Waals surface area contributed by atoms with Gasteiger partial charge in [-0.1, -0.05) is 30.3 Å². The van der Waals surface area contributed by atoms with Crippen LogP contribution in [0.1, 0.15) is 39.0 Å². The lowest BCUT2D eigenvalue weighted by Crippen LogP contribution is -2.41. The van der Waals surface area contributed by atoms with E-state index in [1.165, 1.54) is 0 Å². The first kappa shape index (κ1) is 22.5. The van der Waals surface area contributed by atoms with E-state index >= 15 is 0 Å². The number of nitrogens with zero attached hydrogens (tertiary/aromatic N) is 2. The zero-order chi connectivity index (χ0) is 21.8. The Balaban J connectivity index is 1.70. The molecule has 1 N–H and O–H groups in total. The number of carbonyl (C=O) groups is 1. The fraction of sp³-hybridized carbons (Fsp3) is 0.381. The quantitative estimate of drug-likeness (QED) is 0.633.